The topological polar surface area (TPSA) is 147 Å². The van der Waals surface area contributed by atoms with Gasteiger partial charge < -0.3 is 24.3 Å². The highest BCUT2D eigenvalue weighted by molar-refractivity contribution is 5.98. The summed E-state index contributed by atoms with van der Waals surface area (Å²) in [6.07, 6.45) is 4.03. The molecule has 2 aliphatic rings. The molecule has 0 aromatic carbocycles. The summed E-state index contributed by atoms with van der Waals surface area (Å²) >= 11 is 0. The van der Waals surface area contributed by atoms with Crippen molar-refractivity contribution in [2.45, 2.75) is 91.4 Å². The number of rotatable bonds is 7. The van der Waals surface area contributed by atoms with E-state index in [1.54, 1.807) is 33.8 Å². The molecule has 3 rings (SSSR count). The smallest absolute Gasteiger partial charge is 0.332 e. The Hall–Kier alpha value is -3.50. The summed E-state index contributed by atoms with van der Waals surface area (Å²) in [5, 5.41) is 2.50. The number of esters is 4. The maximum atomic E-state index is 13.3. The Morgan fingerprint density at radius 1 is 1.13 bits per heavy atom. The van der Waals surface area contributed by atoms with Gasteiger partial charge in [0, 0.05) is 6.20 Å². The molecule has 11 nitrogen and oxygen atoms in total. The van der Waals surface area contributed by atoms with E-state index in [4.69, 9.17) is 18.9 Å². The van der Waals surface area contributed by atoms with Gasteiger partial charge in [0.25, 0.3) is 5.91 Å². The summed E-state index contributed by atoms with van der Waals surface area (Å²) in [4.78, 5) is 68.3. The minimum absolute atomic E-state index is 0.0130. The van der Waals surface area contributed by atoms with Crippen molar-refractivity contribution in [3.05, 3.63) is 23.5 Å². The van der Waals surface area contributed by atoms with Crippen molar-refractivity contribution < 1.29 is 42.9 Å². The molecule has 1 aliphatic heterocycles. The van der Waals surface area contributed by atoms with E-state index in [1.165, 1.54) is 13.1 Å². The number of nitrogens with zero attached hydrogens (tertiary/aromatic N) is 1. The molecule has 1 saturated carbocycles. The average molecular weight is 547 g/mol. The molecule has 1 saturated heterocycles. The van der Waals surface area contributed by atoms with E-state index in [1.807, 2.05) is 0 Å². The lowest BCUT2D eigenvalue weighted by molar-refractivity contribution is -0.176. The molecule has 1 aromatic heterocycles. The lowest BCUT2D eigenvalue weighted by atomic mass is 9.89. The molecular formula is C28H38N2O9. The zero-order valence-corrected chi connectivity index (χ0v) is 23.2. The molecule has 0 bridgehead atoms. The van der Waals surface area contributed by atoms with Crippen molar-refractivity contribution in [3.8, 4) is 5.75 Å². The van der Waals surface area contributed by atoms with Gasteiger partial charge in [0.05, 0.1) is 17.8 Å². The molecule has 1 N–H and O–H groups in total. The highest BCUT2D eigenvalue weighted by Crippen LogP contribution is 2.28. The average Bonchev–Trinajstić information content (AvgIpc) is 2.94. The SMILES string of the molecule is CCC1C(=O)OCC(NC(=O)c2nccc(C)c2OC(=O)C2CCCCC2)C(=O)OC(C)C1OC(=O)C(C)C. The van der Waals surface area contributed by atoms with Gasteiger partial charge in [0.15, 0.2) is 23.6 Å². The first-order valence-corrected chi connectivity index (χ1v) is 13.6. The van der Waals surface area contributed by atoms with Gasteiger partial charge in [-0.3, -0.25) is 19.2 Å². The fourth-order valence-corrected chi connectivity index (χ4v) is 4.67. The fourth-order valence-electron chi connectivity index (χ4n) is 4.67. The Bertz CT molecular complexity index is 1080. The number of cyclic esters (lactones) is 2. The van der Waals surface area contributed by atoms with Crippen LogP contribution in [0.25, 0.3) is 0 Å². The minimum atomic E-state index is -1.37. The quantitative estimate of drug-likeness (QED) is 0.400. The zero-order valence-electron chi connectivity index (χ0n) is 23.2. The van der Waals surface area contributed by atoms with E-state index in [0.717, 1.165) is 32.1 Å². The summed E-state index contributed by atoms with van der Waals surface area (Å²) in [6, 6.07) is 0.242. The standard InChI is InChI=1S/C28H38N2O9/c1-6-19-23(39-25(32)15(2)3)17(5)37-28(35)20(14-36-27(19)34)30-24(31)21-22(16(4)12-13-29-21)38-26(33)18-10-8-7-9-11-18/h12-13,15,17-20,23H,6-11,14H2,1-5H3,(H,30,31). The van der Waals surface area contributed by atoms with Crippen molar-refractivity contribution in [2.75, 3.05) is 6.61 Å². The third-order valence-corrected chi connectivity index (χ3v) is 7.07. The molecule has 1 amide bonds. The second kappa shape index (κ2) is 13.5. The predicted molar refractivity (Wildman–Crippen MR) is 137 cm³/mol. The number of carbonyl (C=O) groups is 5. The second-order valence-corrected chi connectivity index (χ2v) is 10.4. The van der Waals surface area contributed by atoms with Gasteiger partial charge >= 0.3 is 23.9 Å². The van der Waals surface area contributed by atoms with Crippen LogP contribution in [0.2, 0.25) is 0 Å². The molecule has 1 aliphatic carbocycles. The third-order valence-electron chi connectivity index (χ3n) is 7.07. The van der Waals surface area contributed by atoms with E-state index in [-0.39, 0.29) is 23.8 Å². The number of nitrogens with one attached hydrogen (secondary N) is 1. The molecular weight excluding hydrogens is 508 g/mol. The van der Waals surface area contributed by atoms with Crippen molar-refractivity contribution >= 4 is 29.8 Å². The molecule has 2 heterocycles. The van der Waals surface area contributed by atoms with E-state index < -0.39 is 66.5 Å². The Kier molecular flexibility index (Phi) is 10.4. The van der Waals surface area contributed by atoms with Crippen molar-refractivity contribution in [1.29, 1.82) is 0 Å². The summed E-state index contributed by atoms with van der Waals surface area (Å²) in [5.74, 6) is -4.87. The van der Waals surface area contributed by atoms with Crippen LogP contribution >= 0.6 is 0 Å². The molecule has 0 spiro atoms. The summed E-state index contributed by atoms with van der Waals surface area (Å²) in [6.45, 7) is 7.73. The number of carbonyl (C=O) groups excluding carboxylic acids is 5. The van der Waals surface area contributed by atoms with Crippen molar-refractivity contribution in [3.63, 3.8) is 0 Å². The maximum absolute atomic E-state index is 13.3. The molecule has 39 heavy (non-hydrogen) atoms. The number of hydrogen-bond donors (Lipinski definition) is 1. The first-order valence-electron chi connectivity index (χ1n) is 13.6. The van der Waals surface area contributed by atoms with Crippen LogP contribution in [0.4, 0.5) is 0 Å². The summed E-state index contributed by atoms with van der Waals surface area (Å²) < 4.78 is 22.0. The first-order chi connectivity index (χ1) is 18.5. The Labute approximate surface area is 228 Å². The molecule has 214 valence electrons. The van der Waals surface area contributed by atoms with Crippen LogP contribution < -0.4 is 10.1 Å². The van der Waals surface area contributed by atoms with E-state index in [9.17, 15) is 24.0 Å². The summed E-state index contributed by atoms with van der Waals surface area (Å²) in [5.41, 5.74) is 0.346. The van der Waals surface area contributed by atoms with Gasteiger partial charge in [-0.2, -0.15) is 0 Å². The number of aryl methyl sites for hydroxylation is 1. The normalized spacial score (nSPS) is 24.5. The van der Waals surface area contributed by atoms with Gasteiger partial charge in [-0.05, 0) is 44.7 Å². The Morgan fingerprint density at radius 3 is 2.46 bits per heavy atom. The monoisotopic (exact) mass is 546 g/mol. The maximum Gasteiger partial charge on any atom is 0.332 e. The third kappa shape index (κ3) is 7.54. The molecule has 1 aromatic rings. The van der Waals surface area contributed by atoms with Crippen LogP contribution in [0.3, 0.4) is 0 Å². The first kappa shape index (κ1) is 30.0. The number of pyridine rings is 1. The van der Waals surface area contributed by atoms with Crippen LogP contribution in [0, 0.1) is 24.7 Å². The molecule has 4 atom stereocenters. The van der Waals surface area contributed by atoms with Crippen LogP contribution in [-0.2, 0) is 33.4 Å². The Morgan fingerprint density at radius 2 is 1.82 bits per heavy atom. The highest BCUT2D eigenvalue weighted by atomic mass is 16.6. The fraction of sp³-hybridized carbons (Fsp3) is 0.643. The molecule has 4 unspecified atom stereocenters. The van der Waals surface area contributed by atoms with Crippen LogP contribution in [-0.4, -0.2) is 59.6 Å². The van der Waals surface area contributed by atoms with Crippen molar-refractivity contribution in [1.82, 2.24) is 10.3 Å². The van der Waals surface area contributed by atoms with Crippen LogP contribution in [0.1, 0.15) is 82.3 Å². The van der Waals surface area contributed by atoms with Crippen molar-refractivity contribution in [2.24, 2.45) is 17.8 Å². The number of amides is 1. The van der Waals surface area contributed by atoms with Gasteiger partial charge in [-0.1, -0.05) is 40.0 Å². The van der Waals surface area contributed by atoms with Crippen LogP contribution in [0.15, 0.2) is 12.3 Å². The zero-order chi connectivity index (χ0) is 28.7. The van der Waals surface area contributed by atoms with E-state index in [0.29, 0.717) is 5.56 Å². The highest BCUT2D eigenvalue weighted by Gasteiger charge is 2.41. The second-order valence-electron chi connectivity index (χ2n) is 10.4. The summed E-state index contributed by atoms with van der Waals surface area (Å²) in [7, 11) is 0. The molecule has 2 fully saturated rings. The molecule has 11 heteroatoms. The van der Waals surface area contributed by atoms with Crippen LogP contribution in [0.5, 0.6) is 5.75 Å². The van der Waals surface area contributed by atoms with Gasteiger partial charge in [-0.25, -0.2) is 9.78 Å². The molecule has 0 radical (unpaired) electrons. The lowest BCUT2D eigenvalue weighted by Gasteiger charge is -2.29. The minimum Gasteiger partial charge on any atom is -0.463 e. The largest absolute Gasteiger partial charge is 0.463 e. The van der Waals surface area contributed by atoms with E-state index in [2.05, 4.69) is 10.3 Å². The van der Waals surface area contributed by atoms with E-state index >= 15 is 0 Å². The number of ether oxygens (including phenoxy) is 4. The number of aromatic nitrogens is 1. The number of hydrogen-bond acceptors (Lipinski definition) is 10. The van der Waals surface area contributed by atoms with Gasteiger partial charge in [-0.15, -0.1) is 0 Å². The predicted octanol–water partition coefficient (Wildman–Crippen LogP) is 3.06. The lowest BCUT2D eigenvalue weighted by Crippen LogP contribution is -2.47. The van der Waals surface area contributed by atoms with Gasteiger partial charge in [0.1, 0.15) is 12.7 Å². The van der Waals surface area contributed by atoms with Gasteiger partial charge in [0.2, 0.25) is 0 Å². The Balaban J connectivity index is 1.79.